The highest BCUT2D eigenvalue weighted by Gasteiger charge is 2.09. The lowest BCUT2D eigenvalue weighted by Crippen LogP contribution is -2.30. The van der Waals surface area contributed by atoms with E-state index in [-0.39, 0.29) is 5.78 Å². The van der Waals surface area contributed by atoms with Crippen LogP contribution in [-0.2, 0) is 0 Å². The normalized spacial score (nSPS) is 12.2. The summed E-state index contributed by atoms with van der Waals surface area (Å²) in [7, 11) is 2.09. The predicted molar refractivity (Wildman–Crippen MR) is 72.7 cm³/mol. The number of carbonyl (C=O) groups excluding carboxylic acids is 1. The van der Waals surface area contributed by atoms with Crippen LogP contribution in [0.4, 0.5) is 5.69 Å². The van der Waals surface area contributed by atoms with E-state index in [9.17, 15) is 4.79 Å². The van der Waals surface area contributed by atoms with Gasteiger partial charge in [-0.25, -0.2) is 0 Å². The number of anilines is 1. The summed E-state index contributed by atoms with van der Waals surface area (Å²) in [6, 6.07) is 8.29. The molecule has 0 amide bonds. The second-order valence-electron chi connectivity index (χ2n) is 4.02. The van der Waals surface area contributed by atoms with E-state index in [2.05, 4.69) is 25.1 Å². The third-order valence-electron chi connectivity index (χ3n) is 2.75. The highest BCUT2D eigenvalue weighted by molar-refractivity contribution is 7.98. The number of thioether (sulfide) groups is 1. The molecule has 1 aromatic rings. The van der Waals surface area contributed by atoms with E-state index in [0.29, 0.717) is 6.04 Å². The maximum atomic E-state index is 11.1. The number of rotatable bonds is 5. The number of hydrogen-bond acceptors (Lipinski definition) is 3. The Labute approximate surface area is 102 Å². The van der Waals surface area contributed by atoms with Gasteiger partial charge in [0.05, 0.1) is 0 Å². The van der Waals surface area contributed by atoms with Crippen molar-refractivity contribution < 1.29 is 4.79 Å². The van der Waals surface area contributed by atoms with E-state index in [1.165, 1.54) is 0 Å². The van der Waals surface area contributed by atoms with Crippen LogP contribution in [0, 0.1) is 0 Å². The summed E-state index contributed by atoms with van der Waals surface area (Å²) in [5.74, 6) is 1.22. The molecule has 3 heteroatoms. The van der Waals surface area contributed by atoms with Crippen molar-refractivity contribution in [2.45, 2.75) is 19.9 Å². The van der Waals surface area contributed by atoms with Gasteiger partial charge >= 0.3 is 0 Å². The van der Waals surface area contributed by atoms with Gasteiger partial charge in [0, 0.05) is 30.1 Å². The van der Waals surface area contributed by atoms with Gasteiger partial charge in [-0.15, -0.1) is 0 Å². The highest BCUT2D eigenvalue weighted by atomic mass is 32.2. The van der Waals surface area contributed by atoms with Crippen LogP contribution in [0.2, 0.25) is 0 Å². The Hall–Kier alpha value is -0.960. The Balaban J connectivity index is 2.77. The minimum absolute atomic E-state index is 0.117. The van der Waals surface area contributed by atoms with Crippen LogP contribution in [0.25, 0.3) is 0 Å². The molecule has 0 N–H and O–H groups in total. The summed E-state index contributed by atoms with van der Waals surface area (Å²) in [6.45, 7) is 3.80. The summed E-state index contributed by atoms with van der Waals surface area (Å²) in [4.78, 5) is 13.4. The summed E-state index contributed by atoms with van der Waals surface area (Å²) in [5.41, 5.74) is 1.93. The molecule has 0 aliphatic carbocycles. The molecule has 0 aliphatic heterocycles. The molecule has 2 nitrogen and oxygen atoms in total. The van der Waals surface area contributed by atoms with Crippen LogP contribution in [-0.4, -0.2) is 30.9 Å². The molecule has 0 spiro atoms. The number of nitrogens with zero attached hydrogens (tertiary/aromatic N) is 1. The van der Waals surface area contributed by atoms with E-state index in [0.717, 1.165) is 17.0 Å². The monoisotopic (exact) mass is 237 g/mol. The number of ketones is 1. The molecule has 1 atom stereocenters. The van der Waals surface area contributed by atoms with Gasteiger partial charge in [0.1, 0.15) is 0 Å². The van der Waals surface area contributed by atoms with E-state index < -0.39 is 0 Å². The maximum absolute atomic E-state index is 11.1. The third-order valence-corrected chi connectivity index (χ3v) is 3.57. The Morgan fingerprint density at radius 1 is 1.38 bits per heavy atom. The van der Waals surface area contributed by atoms with Crippen molar-refractivity contribution in [1.29, 1.82) is 0 Å². The highest BCUT2D eigenvalue weighted by Crippen LogP contribution is 2.17. The second-order valence-corrected chi connectivity index (χ2v) is 4.93. The molecule has 0 heterocycles. The van der Waals surface area contributed by atoms with Gasteiger partial charge in [-0.3, -0.25) is 4.79 Å². The Kier molecular flexibility index (Phi) is 4.87. The van der Waals surface area contributed by atoms with Gasteiger partial charge in [-0.2, -0.15) is 11.8 Å². The minimum Gasteiger partial charge on any atom is -0.371 e. The lowest BCUT2D eigenvalue weighted by atomic mass is 10.1. The second kappa shape index (κ2) is 5.94. The van der Waals surface area contributed by atoms with Crippen LogP contribution >= 0.6 is 11.8 Å². The van der Waals surface area contributed by atoms with Crippen molar-refractivity contribution in [2.75, 3.05) is 24.0 Å². The van der Waals surface area contributed by atoms with Gasteiger partial charge in [0.25, 0.3) is 0 Å². The Morgan fingerprint density at radius 3 is 2.38 bits per heavy atom. The number of Topliss-reactive ketones (excluding diaryl/α,β-unsaturated/α-hetero) is 1. The van der Waals surface area contributed by atoms with Crippen molar-refractivity contribution >= 4 is 23.2 Å². The first-order chi connectivity index (χ1) is 7.56. The first-order valence-corrected chi connectivity index (χ1v) is 6.78. The van der Waals surface area contributed by atoms with Gasteiger partial charge in [0.15, 0.2) is 5.78 Å². The van der Waals surface area contributed by atoms with Crippen molar-refractivity contribution in [3.8, 4) is 0 Å². The zero-order valence-corrected chi connectivity index (χ0v) is 11.2. The minimum atomic E-state index is 0.117. The van der Waals surface area contributed by atoms with E-state index in [1.54, 1.807) is 6.92 Å². The van der Waals surface area contributed by atoms with Gasteiger partial charge in [-0.1, -0.05) is 0 Å². The van der Waals surface area contributed by atoms with Crippen LogP contribution in [0.5, 0.6) is 0 Å². The summed E-state index contributed by atoms with van der Waals surface area (Å²) >= 11 is 1.84. The zero-order valence-electron chi connectivity index (χ0n) is 10.4. The lowest BCUT2D eigenvalue weighted by Gasteiger charge is -2.26. The summed E-state index contributed by atoms with van der Waals surface area (Å²) in [5, 5.41) is 0. The first-order valence-electron chi connectivity index (χ1n) is 5.39. The first kappa shape index (κ1) is 13.1. The van der Waals surface area contributed by atoms with Crippen LogP contribution < -0.4 is 4.90 Å². The molecule has 16 heavy (non-hydrogen) atoms. The average molecular weight is 237 g/mol. The number of carbonyl (C=O) groups is 1. The molecule has 1 rings (SSSR count). The summed E-state index contributed by atoms with van der Waals surface area (Å²) in [6.07, 6.45) is 2.11. The molecule has 0 bridgehead atoms. The lowest BCUT2D eigenvalue weighted by molar-refractivity contribution is 0.101. The SMILES string of the molecule is CSCC(C)N(C)c1ccc(C(C)=O)cc1. The average Bonchev–Trinajstić information content (AvgIpc) is 2.28. The largest absolute Gasteiger partial charge is 0.371 e. The van der Waals surface area contributed by atoms with Crippen molar-refractivity contribution in [2.24, 2.45) is 0 Å². The van der Waals surface area contributed by atoms with Crippen molar-refractivity contribution in [1.82, 2.24) is 0 Å². The third kappa shape index (κ3) is 3.27. The molecule has 1 aromatic carbocycles. The maximum Gasteiger partial charge on any atom is 0.159 e. The van der Waals surface area contributed by atoms with Gasteiger partial charge in [-0.05, 0) is 44.4 Å². The smallest absolute Gasteiger partial charge is 0.159 e. The van der Waals surface area contributed by atoms with Crippen molar-refractivity contribution in [3.05, 3.63) is 29.8 Å². The molecule has 0 radical (unpaired) electrons. The topological polar surface area (TPSA) is 20.3 Å². The zero-order chi connectivity index (χ0) is 12.1. The number of hydrogen-bond donors (Lipinski definition) is 0. The Morgan fingerprint density at radius 2 is 1.94 bits per heavy atom. The van der Waals surface area contributed by atoms with Gasteiger partial charge in [0.2, 0.25) is 0 Å². The summed E-state index contributed by atoms with van der Waals surface area (Å²) < 4.78 is 0. The molecular formula is C13H19NOS. The van der Waals surface area contributed by atoms with Crippen LogP contribution in [0.15, 0.2) is 24.3 Å². The molecule has 0 fully saturated rings. The van der Waals surface area contributed by atoms with E-state index >= 15 is 0 Å². The molecule has 0 saturated carbocycles. The molecule has 88 valence electrons. The fourth-order valence-electron chi connectivity index (χ4n) is 1.54. The van der Waals surface area contributed by atoms with Crippen molar-refractivity contribution in [3.63, 3.8) is 0 Å². The predicted octanol–water partition coefficient (Wildman–Crippen LogP) is 3.08. The fourth-order valence-corrected chi connectivity index (χ4v) is 2.24. The molecule has 0 aliphatic rings. The quantitative estimate of drug-likeness (QED) is 0.734. The number of benzene rings is 1. The molecule has 1 unspecified atom stereocenters. The van der Waals surface area contributed by atoms with E-state index in [4.69, 9.17) is 0 Å². The fraction of sp³-hybridized carbons (Fsp3) is 0.462. The Bertz CT molecular complexity index is 347. The van der Waals surface area contributed by atoms with Gasteiger partial charge < -0.3 is 4.90 Å². The molecule has 0 saturated heterocycles. The molecule has 0 aromatic heterocycles. The standard InChI is InChI=1S/C13H19NOS/c1-10(9-16-4)14(3)13-7-5-12(6-8-13)11(2)15/h5-8,10H,9H2,1-4H3. The van der Waals surface area contributed by atoms with Crippen LogP contribution in [0.1, 0.15) is 24.2 Å². The van der Waals surface area contributed by atoms with E-state index in [1.807, 2.05) is 36.0 Å². The van der Waals surface area contributed by atoms with Crippen LogP contribution in [0.3, 0.4) is 0 Å². The molecular weight excluding hydrogens is 218 g/mol.